The van der Waals surface area contributed by atoms with Crippen LogP contribution >= 0.6 is 0 Å². The van der Waals surface area contributed by atoms with E-state index in [0.717, 1.165) is 19.3 Å². The molecule has 0 unspecified atom stereocenters. The molecule has 1 aliphatic rings. The zero-order valence-electron chi connectivity index (χ0n) is 16.8. The largest absolute Gasteiger partial charge is 0.360 e. The molecule has 1 aromatic carbocycles. The van der Waals surface area contributed by atoms with Crippen LogP contribution in [0, 0.1) is 6.92 Å². The molecule has 9 heteroatoms. The quantitative estimate of drug-likeness (QED) is 0.680. The molecule has 1 fully saturated rings. The number of sulfonamides is 1. The van der Waals surface area contributed by atoms with E-state index in [1.807, 2.05) is 13.0 Å². The van der Waals surface area contributed by atoms with Gasteiger partial charge in [0.05, 0.1) is 10.9 Å². The maximum atomic E-state index is 13.1. The SMILES string of the molecule is CC[C@@H](NCc1ccccc1S(=O)(=O)N1CCCCC1)C(=O)Nc1cc(C)on1. The number of nitrogens with one attached hydrogen (secondary N) is 2. The van der Waals surface area contributed by atoms with Crippen molar-refractivity contribution in [3.63, 3.8) is 0 Å². The Morgan fingerprint density at radius 3 is 2.62 bits per heavy atom. The van der Waals surface area contributed by atoms with E-state index in [4.69, 9.17) is 4.52 Å². The van der Waals surface area contributed by atoms with Crippen LogP contribution in [0.15, 0.2) is 39.8 Å². The molecule has 0 saturated carbocycles. The van der Waals surface area contributed by atoms with Gasteiger partial charge in [0.2, 0.25) is 15.9 Å². The van der Waals surface area contributed by atoms with Gasteiger partial charge in [0.1, 0.15) is 5.76 Å². The highest BCUT2D eigenvalue weighted by Gasteiger charge is 2.28. The molecule has 2 N–H and O–H groups in total. The van der Waals surface area contributed by atoms with Gasteiger partial charge in [0, 0.05) is 25.7 Å². The Labute approximate surface area is 171 Å². The summed E-state index contributed by atoms with van der Waals surface area (Å²) in [5, 5.41) is 9.66. The molecule has 8 nitrogen and oxygen atoms in total. The van der Waals surface area contributed by atoms with Crippen molar-refractivity contribution in [1.29, 1.82) is 0 Å². The van der Waals surface area contributed by atoms with Gasteiger partial charge in [-0.3, -0.25) is 4.79 Å². The first-order valence-corrected chi connectivity index (χ1v) is 11.4. The Balaban J connectivity index is 1.70. The van der Waals surface area contributed by atoms with Crippen LogP contribution in [0.25, 0.3) is 0 Å². The predicted octanol–water partition coefficient (Wildman–Crippen LogP) is 2.66. The van der Waals surface area contributed by atoms with Gasteiger partial charge < -0.3 is 15.2 Å². The van der Waals surface area contributed by atoms with Gasteiger partial charge >= 0.3 is 0 Å². The van der Waals surface area contributed by atoms with E-state index in [2.05, 4.69) is 15.8 Å². The smallest absolute Gasteiger partial charge is 0.243 e. The van der Waals surface area contributed by atoms with Crippen LogP contribution in [-0.2, 0) is 21.4 Å². The van der Waals surface area contributed by atoms with Gasteiger partial charge in [-0.25, -0.2) is 8.42 Å². The molecular formula is C20H28N4O4S. The van der Waals surface area contributed by atoms with Crippen molar-refractivity contribution in [1.82, 2.24) is 14.8 Å². The molecule has 0 aliphatic carbocycles. The second-order valence-electron chi connectivity index (χ2n) is 7.23. The average Bonchev–Trinajstić information content (AvgIpc) is 3.14. The third-order valence-corrected chi connectivity index (χ3v) is 7.05. The van der Waals surface area contributed by atoms with Gasteiger partial charge in [-0.2, -0.15) is 4.31 Å². The van der Waals surface area contributed by atoms with Gasteiger partial charge in [-0.15, -0.1) is 0 Å². The summed E-state index contributed by atoms with van der Waals surface area (Å²) in [6.45, 7) is 5.02. The summed E-state index contributed by atoms with van der Waals surface area (Å²) in [6, 6.07) is 8.13. The highest BCUT2D eigenvalue weighted by Crippen LogP contribution is 2.23. The first-order chi connectivity index (χ1) is 13.9. The molecule has 0 spiro atoms. The van der Waals surface area contributed by atoms with Crippen LogP contribution in [0.1, 0.15) is 43.9 Å². The molecule has 0 radical (unpaired) electrons. The lowest BCUT2D eigenvalue weighted by Crippen LogP contribution is -2.40. The van der Waals surface area contributed by atoms with Crippen molar-refractivity contribution in [2.75, 3.05) is 18.4 Å². The fourth-order valence-corrected chi connectivity index (χ4v) is 5.18. The second-order valence-corrected chi connectivity index (χ2v) is 9.13. The Hall–Kier alpha value is -2.23. The number of anilines is 1. The first-order valence-electron chi connectivity index (χ1n) is 9.97. The molecular weight excluding hydrogens is 392 g/mol. The summed E-state index contributed by atoms with van der Waals surface area (Å²) >= 11 is 0. The third-order valence-electron chi connectivity index (χ3n) is 5.05. The number of carbonyl (C=O) groups excluding carboxylic acids is 1. The van der Waals surface area contributed by atoms with Crippen molar-refractivity contribution >= 4 is 21.7 Å². The van der Waals surface area contributed by atoms with E-state index in [9.17, 15) is 13.2 Å². The minimum atomic E-state index is -3.54. The number of aryl methyl sites for hydroxylation is 1. The molecule has 3 rings (SSSR count). The van der Waals surface area contributed by atoms with E-state index in [-0.39, 0.29) is 12.5 Å². The standard InChI is InChI=1S/C20H28N4O4S/c1-3-17(20(25)22-19-13-15(2)28-23-19)21-14-16-9-5-6-10-18(16)29(26,27)24-11-7-4-8-12-24/h5-6,9-10,13,17,21H,3-4,7-8,11-12,14H2,1-2H3,(H,22,23,25)/t17-/m1/s1. The third kappa shape index (κ3) is 5.23. The summed E-state index contributed by atoms with van der Waals surface area (Å²) in [6.07, 6.45) is 3.38. The van der Waals surface area contributed by atoms with Gasteiger partial charge in [-0.05, 0) is 37.8 Å². The van der Waals surface area contributed by atoms with E-state index in [0.29, 0.717) is 41.5 Å². The number of aromatic nitrogens is 1. The van der Waals surface area contributed by atoms with Gasteiger partial charge in [0.15, 0.2) is 5.82 Å². The summed E-state index contributed by atoms with van der Waals surface area (Å²) in [7, 11) is -3.54. The van der Waals surface area contributed by atoms with E-state index >= 15 is 0 Å². The molecule has 1 saturated heterocycles. The second kappa shape index (κ2) is 9.51. The number of carbonyl (C=O) groups is 1. The van der Waals surface area contributed by atoms with Crippen molar-refractivity contribution < 1.29 is 17.7 Å². The number of piperidine rings is 1. The normalized spacial score (nSPS) is 16.5. The van der Waals surface area contributed by atoms with E-state index in [1.165, 1.54) is 0 Å². The molecule has 1 aliphatic heterocycles. The summed E-state index contributed by atoms with van der Waals surface area (Å²) in [5.41, 5.74) is 0.654. The maximum absolute atomic E-state index is 13.1. The zero-order chi connectivity index (χ0) is 20.9. The van der Waals surface area contributed by atoms with Crippen LogP contribution in [-0.4, -0.2) is 42.9 Å². The highest BCUT2D eigenvalue weighted by molar-refractivity contribution is 7.89. The van der Waals surface area contributed by atoms with Crippen LogP contribution in [0.3, 0.4) is 0 Å². The first kappa shape index (κ1) is 21.5. The van der Waals surface area contributed by atoms with Crippen LogP contribution in [0.5, 0.6) is 0 Å². The fourth-order valence-electron chi connectivity index (χ4n) is 3.44. The minimum Gasteiger partial charge on any atom is -0.360 e. The number of nitrogens with zero attached hydrogens (tertiary/aromatic N) is 2. The Kier molecular flexibility index (Phi) is 7.05. The Bertz CT molecular complexity index is 935. The number of hydrogen-bond donors (Lipinski definition) is 2. The van der Waals surface area contributed by atoms with Crippen molar-refractivity contribution in [3.8, 4) is 0 Å². The molecule has 0 bridgehead atoms. The predicted molar refractivity (Wildman–Crippen MR) is 110 cm³/mol. The molecule has 1 aromatic heterocycles. The Morgan fingerprint density at radius 1 is 1.24 bits per heavy atom. The summed E-state index contributed by atoms with van der Waals surface area (Å²) in [5.74, 6) is 0.733. The number of amides is 1. The molecule has 158 valence electrons. The maximum Gasteiger partial charge on any atom is 0.243 e. The summed E-state index contributed by atoms with van der Waals surface area (Å²) < 4.78 is 32.7. The van der Waals surface area contributed by atoms with E-state index in [1.54, 1.807) is 35.5 Å². The number of hydrogen-bond acceptors (Lipinski definition) is 6. The highest BCUT2D eigenvalue weighted by atomic mass is 32.2. The lowest BCUT2D eigenvalue weighted by molar-refractivity contribution is -0.118. The molecule has 2 aromatic rings. The lowest BCUT2D eigenvalue weighted by Gasteiger charge is -2.27. The van der Waals surface area contributed by atoms with Gasteiger partial charge in [-0.1, -0.05) is 36.7 Å². The Morgan fingerprint density at radius 2 is 1.97 bits per heavy atom. The minimum absolute atomic E-state index is 0.239. The lowest BCUT2D eigenvalue weighted by atomic mass is 10.1. The summed E-state index contributed by atoms with van der Waals surface area (Å²) in [4.78, 5) is 12.8. The average molecular weight is 421 g/mol. The molecule has 1 amide bonds. The van der Waals surface area contributed by atoms with Crippen molar-refractivity contribution in [3.05, 3.63) is 41.7 Å². The van der Waals surface area contributed by atoms with Crippen LogP contribution < -0.4 is 10.6 Å². The number of rotatable bonds is 8. The van der Waals surface area contributed by atoms with Crippen LogP contribution in [0.4, 0.5) is 5.82 Å². The zero-order valence-corrected chi connectivity index (χ0v) is 17.7. The van der Waals surface area contributed by atoms with Crippen LogP contribution in [0.2, 0.25) is 0 Å². The molecule has 2 heterocycles. The molecule has 29 heavy (non-hydrogen) atoms. The monoisotopic (exact) mass is 420 g/mol. The fraction of sp³-hybridized carbons (Fsp3) is 0.500. The van der Waals surface area contributed by atoms with Gasteiger partial charge in [0.25, 0.3) is 0 Å². The number of benzene rings is 1. The van der Waals surface area contributed by atoms with E-state index < -0.39 is 16.1 Å². The molecule has 1 atom stereocenters. The van der Waals surface area contributed by atoms with Crippen molar-refractivity contribution in [2.24, 2.45) is 0 Å². The topological polar surface area (TPSA) is 105 Å². The van der Waals surface area contributed by atoms with Crippen molar-refractivity contribution in [2.45, 2.75) is 57.0 Å².